The molecule has 1 aliphatic rings. The number of fused-ring (bicyclic) bond motifs is 1. The lowest BCUT2D eigenvalue weighted by atomic mass is 10.0. The summed E-state index contributed by atoms with van der Waals surface area (Å²) in [6, 6.07) is 23.5. The van der Waals surface area contributed by atoms with Crippen molar-refractivity contribution in [2.45, 2.75) is 6.54 Å². The highest BCUT2D eigenvalue weighted by Crippen LogP contribution is 2.38. The minimum atomic E-state index is -0.555. The number of hydrogen-bond donors (Lipinski definition) is 0. The van der Waals surface area contributed by atoms with E-state index in [9.17, 15) is 14.4 Å². The van der Waals surface area contributed by atoms with Crippen LogP contribution in [0.15, 0.2) is 83.8 Å². The lowest BCUT2D eigenvalue weighted by Gasteiger charge is -2.14. The quantitative estimate of drug-likeness (QED) is 0.0924. The summed E-state index contributed by atoms with van der Waals surface area (Å²) in [6.07, 6.45) is 1.64. The largest absolute Gasteiger partial charge is 0.493 e. The molecule has 6 nitrogen and oxygen atoms in total. The van der Waals surface area contributed by atoms with E-state index in [4.69, 9.17) is 21.1 Å². The van der Waals surface area contributed by atoms with Gasteiger partial charge in [0.25, 0.3) is 11.1 Å². The third-order valence-corrected chi connectivity index (χ3v) is 7.87. The van der Waals surface area contributed by atoms with Crippen LogP contribution >= 0.6 is 46.0 Å². The van der Waals surface area contributed by atoms with Gasteiger partial charge in [0.05, 0.1) is 27.7 Å². The van der Waals surface area contributed by atoms with Gasteiger partial charge < -0.3 is 9.47 Å². The molecule has 0 bridgehead atoms. The van der Waals surface area contributed by atoms with Gasteiger partial charge in [-0.15, -0.1) is 0 Å². The minimum absolute atomic E-state index is 0.184. The molecule has 4 aromatic rings. The number of nitrogens with zero attached hydrogens (tertiary/aromatic N) is 1. The van der Waals surface area contributed by atoms with Crippen molar-refractivity contribution in [1.29, 1.82) is 0 Å². The number of amides is 2. The Morgan fingerprint density at radius 2 is 1.76 bits per heavy atom. The van der Waals surface area contributed by atoms with Gasteiger partial charge in [0.15, 0.2) is 11.5 Å². The number of ether oxygens (including phenoxy) is 2. The first-order valence-corrected chi connectivity index (χ1v) is 13.7. The summed E-state index contributed by atoms with van der Waals surface area (Å²) in [6.45, 7) is 0.184. The maximum absolute atomic E-state index is 13.2. The summed E-state index contributed by atoms with van der Waals surface area (Å²) in [5.41, 5.74) is 1.87. The van der Waals surface area contributed by atoms with Crippen LogP contribution in [0.25, 0.3) is 16.8 Å². The Kier molecular flexibility index (Phi) is 7.73. The number of rotatable bonds is 6. The van der Waals surface area contributed by atoms with E-state index in [-0.39, 0.29) is 23.4 Å². The van der Waals surface area contributed by atoms with Crippen molar-refractivity contribution in [3.63, 3.8) is 0 Å². The predicted molar refractivity (Wildman–Crippen MR) is 158 cm³/mol. The van der Waals surface area contributed by atoms with Gasteiger partial charge in [0.2, 0.25) is 0 Å². The van der Waals surface area contributed by atoms with Gasteiger partial charge in [-0.2, -0.15) is 0 Å². The topological polar surface area (TPSA) is 72.9 Å². The van der Waals surface area contributed by atoms with E-state index in [1.165, 1.54) is 12.0 Å². The van der Waals surface area contributed by atoms with Gasteiger partial charge in [-0.3, -0.25) is 14.5 Å². The number of hydrogen-bond acceptors (Lipinski definition) is 6. The van der Waals surface area contributed by atoms with E-state index in [0.29, 0.717) is 30.4 Å². The third kappa shape index (κ3) is 5.43. The van der Waals surface area contributed by atoms with Crippen LogP contribution in [0.1, 0.15) is 21.5 Å². The van der Waals surface area contributed by atoms with Crippen molar-refractivity contribution >= 4 is 79.9 Å². The number of benzene rings is 4. The molecule has 5 rings (SSSR count). The Balaban J connectivity index is 1.38. The molecule has 0 N–H and O–H groups in total. The Morgan fingerprint density at radius 3 is 2.53 bits per heavy atom. The number of esters is 1. The Morgan fingerprint density at radius 1 is 1.03 bits per heavy atom. The first-order valence-electron chi connectivity index (χ1n) is 11.4. The van der Waals surface area contributed by atoms with Crippen LogP contribution < -0.4 is 9.47 Å². The number of thioether (sulfide) groups is 1. The minimum Gasteiger partial charge on any atom is -0.493 e. The fourth-order valence-corrected chi connectivity index (χ4v) is 5.75. The van der Waals surface area contributed by atoms with Gasteiger partial charge >= 0.3 is 5.97 Å². The second-order valence-corrected chi connectivity index (χ2v) is 10.9. The maximum atomic E-state index is 13.2. The average molecular weight is 656 g/mol. The molecule has 1 saturated heterocycles. The lowest BCUT2D eigenvalue weighted by molar-refractivity contribution is -0.123. The number of imide groups is 1. The summed E-state index contributed by atoms with van der Waals surface area (Å²) < 4.78 is 11.7. The average Bonchev–Trinajstić information content (AvgIpc) is 3.17. The molecular formula is C29H19ClINO5S. The first-order chi connectivity index (χ1) is 18.3. The second kappa shape index (κ2) is 11.2. The van der Waals surface area contributed by atoms with Crippen molar-refractivity contribution < 1.29 is 23.9 Å². The van der Waals surface area contributed by atoms with E-state index in [0.717, 1.165) is 28.1 Å². The summed E-state index contributed by atoms with van der Waals surface area (Å²) in [5, 5.41) is 2.23. The van der Waals surface area contributed by atoms with Gasteiger partial charge in [0.1, 0.15) is 0 Å². The van der Waals surface area contributed by atoms with E-state index >= 15 is 0 Å². The highest BCUT2D eigenvalue weighted by atomic mass is 127. The zero-order valence-electron chi connectivity index (χ0n) is 19.9. The van der Waals surface area contributed by atoms with Gasteiger partial charge in [-0.05, 0) is 98.7 Å². The summed E-state index contributed by atoms with van der Waals surface area (Å²) in [4.78, 5) is 40.2. The molecule has 9 heteroatoms. The molecule has 190 valence electrons. The molecule has 0 spiro atoms. The first kappa shape index (κ1) is 26.3. The molecule has 4 aromatic carbocycles. The molecule has 2 amide bonds. The highest BCUT2D eigenvalue weighted by Gasteiger charge is 2.35. The smallest absolute Gasteiger partial charge is 0.343 e. The Hall–Kier alpha value is -3.34. The molecule has 1 fully saturated rings. The molecular weight excluding hydrogens is 637 g/mol. The summed E-state index contributed by atoms with van der Waals surface area (Å²) in [7, 11) is 1.47. The van der Waals surface area contributed by atoms with Crippen molar-refractivity contribution in [1.82, 2.24) is 4.90 Å². The standard InChI is InChI=1S/C29H19ClINO5S/c1-36-24-14-17(13-23(31)26(24)37-28(34)19-9-11-21(30)12-10-19)15-25-27(33)32(29(35)38-25)16-20-7-4-6-18-5-2-3-8-22(18)20/h2-15H,16H2,1H3/b25-15-. The van der Waals surface area contributed by atoms with Crippen LogP contribution in [0.5, 0.6) is 11.5 Å². The van der Waals surface area contributed by atoms with Gasteiger partial charge in [-0.1, -0.05) is 54.1 Å². The molecule has 0 unspecified atom stereocenters. The normalized spacial score (nSPS) is 14.4. The number of halogens is 2. The Labute approximate surface area is 241 Å². The van der Waals surface area contributed by atoms with Crippen LogP contribution in [-0.4, -0.2) is 29.1 Å². The summed E-state index contributed by atoms with van der Waals surface area (Å²) in [5.74, 6) is -0.338. The zero-order valence-corrected chi connectivity index (χ0v) is 23.7. The second-order valence-electron chi connectivity index (χ2n) is 8.34. The van der Waals surface area contributed by atoms with E-state index in [2.05, 4.69) is 0 Å². The SMILES string of the molecule is COc1cc(/C=C2\SC(=O)N(Cc3cccc4ccccc34)C2=O)cc(I)c1OC(=O)c1ccc(Cl)cc1. The lowest BCUT2D eigenvalue weighted by Crippen LogP contribution is -2.27. The molecule has 1 heterocycles. The predicted octanol–water partition coefficient (Wildman–Crippen LogP) is 7.56. The van der Waals surface area contributed by atoms with Crippen LogP contribution in [0.4, 0.5) is 4.79 Å². The fraction of sp³-hybridized carbons (Fsp3) is 0.0690. The van der Waals surface area contributed by atoms with E-state index in [1.54, 1.807) is 42.5 Å². The molecule has 0 aliphatic carbocycles. The van der Waals surface area contributed by atoms with Crippen LogP contribution in [0, 0.1) is 3.57 Å². The summed E-state index contributed by atoms with van der Waals surface area (Å²) >= 11 is 8.83. The fourth-order valence-electron chi connectivity index (χ4n) is 4.05. The van der Waals surface area contributed by atoms with E-state index < -0.39 is 5.97 Å². The number of carbonyl (C=O) groups is 3. The van der Waals surface area contributed by atoms with Crippen LogP contribution in [0.3, 0.4) is 0 Å². The monoisotopic (exact) mass is 655 g/mol. The molecule has 0 radical (unpaired) electrons. The number of carbonyl (C=O) groups excluding carboxylic acids is 3. The number of methoxy groups -OCH3 is 1. The molecule has 0 atom stereocenters. The van der Waals surface area contributed by atoms with Crippen molar-refractivity contribution in [2.24, 2.45) is 0 Å². The van der Waals surface area contributed by atoms with Gasteiger partial charge in [-0.25, -0.2) is 4.79 Å². The van der Waals surface area contributed by atoms with Crippen LogP contribution in [-0.2, 0) is 11.3 Å². The zero-order chi connectivity index (χ0) is 26.8. The van der Waals surface area contributed by atoms with Crippen molar-refractivity contribution in [2.75, 3.05) is 7.11 Å². The maximum Gasteiger partial charge on any atom is 0.343 e. The van der Waals surface area contributed by atoms with Crippen molar-refractivity contribution in [3.8, 4) is 11.5 Å². The van der Waals surface area contributed by atoms with Crippen molar-refractivity contribution in [3.05, 3.63) is 109 Å². The molecule has 0 aromatic heterocycles. The third-order valence-electron chi connectivity index (χ3n) is 5.91. The highest BCUT2D eigenvalue weighted by molar-refractivity contribution is 14.1. The Bertz CT molecular complexity index is 1610. The molecule has 38 heavy (non-hydrogen) atoms. The van der Waals surface area contributed by atoms with Crippen LogP contribution in [0.2, 0.25) is 5.02 Å². The molecule has 0 saturated carbocycles. The van der Waals surface area contributed by atoms with E-state index in [1.807, 2.05) is 65.1 Å². The van der Waals surface area contributed by atoms with Gasteiger partial charge in [0, 0.05) is 5.02 Å². The molecule has 1 aliphatic heterocycles.